The van der Waals surface area contributed by atoms with Crippen molar-refractivity contribution in [2.45, 2.75) is 5.75 Å². The molecule has 5 heteroatoms. The smallest absolute Gasteiger partial charge is 0.263 e. The largest absolute Gasteiger partial charge is 0.344 e. The molecule has 0 spiro atoms. The number of likely N-dealkylation sites (N-methyl/N-ethyl adjacent to an activating group) is 1. The molecular weight excluding hydrogens is 258 g/mol. The molecule has 0 bridgehead atoms. The van der Waals surface area contributed by atoms with E-state index in [4.69, 9.17) is 11.6 Å². The summed E-state index contributed by atoms with van der Waals surface area (Å²) in [5.74, 6) is -0.0341. The van der Waals surface area contributed by atoms with Gasteiger partial charge in [-0.1, -0.05) is 41.9 Å². The van der Waals surface area contributed by atoms with Crippen molar-refractivity contribution in [2.75, 3.05) is 14.1 Å². The normalized spacial score (nSPS) is 13.2. The van der Waals surface area contributed by atoms with Crippen LogP contribution in [0.2, 0.25) is 0 Å². The van der Waals surface area contributed by atoms with Gasteiger partial charge in [0.25, 0.3) is 5.91 Å². The molecule has 0 aromatic heterocycles. The Morgan fingerprint density at radius 1 is 1.35 bits per heavy atom. The summed E-state index contributed by atoms with van der Waals surface area (Å²) >= 11 is 5.56. The topological polar surface area (TPSA) is 37.4 Å². The van der Waals surface area contributed by atoms with Gasteiger partial charge in [-0.05, 0) is 5.56 Å². The van der Waals surface area contributed by atoms with Crippen LogP contribution >= 0.6 is 11.6 Å². The SMILES string of the molecule is CN(C)C(=O)/C(=C\Cl)S(=O)Cc1ccccc1. The first-order valence-electron chi connectivity index (χ1n) is 5.00. The fourth-order valence-electron chi connectivity index (χ4n) is 1.22. The van der Waals surface area contributed by atoms with Gasteiger partial charge < -0.3 is 4.90 Å². The van der Waals surface area contributed by atoms with E-state index in [1.807, 2.05) is 30.3 Å². The fraction of sp³-hybridized carbons (Fsp3) is 0.250. The number of hydrogen-bond donors (Lipinski definition) is 0. The molecular formula is C12H14ClNO2S. The third-order valence-corrected chi connectivity index (χ3v) is 3.83. The Hall–Kier alpha value is -1.13. The molecule has 0 fully saturated rings. The Labute approximate surface area is 109 Å². The van der Waals surface area contributed by atoms with Crippen molar-refractivity contribution in [1.82, 2.24) is 4.90 Å². The zero-order valence-corrected chi connectivity index (χ0v) is 11.3. The summed E-state index contributed by atoms with van der Waals surface area (Å²) in [6.45, 7) is 0. The van der Waals surface area contributed by atoms with Crippen LogP contribution in [0.1, 0.15) is 5.56 Å². The second-order valence-electron chi connectivity index (χ2n) is 3.65. The highest BCUT2D eigenvalue weighted by Gasteiger charge is 2.18. The van der Waals surface area contributed by atoms with Crippen molar-refractivity contribution in [1.29, 1.82) is 0 Å². The molecule has 17 heavy (non-hydrogen) atoms. The summed E-state index contributed by atoms with van der Waals surface area (Å²) in [7, 11) is 1.78. The van der Waals surface area contributed by atoms with Crippen molar-refractivity contribution in [3.05, 3.63) is 46.3 Å². The number of carbonyl (C=O) groups excluding carboxylic acids is 1. The first-order chi connectivity index (χ1) is 8.06. The molecule has 0 N–H and O–H groups in total. The van der Waals surface area contributed by atoms with E-state index in [9.17, 15) is 9.00 Å². The number of carbonyl (C=O) groups is 1. The van der Waals surface area contributed by atoms with E-state index < -0.39 is 10.8 Å². The van der Waals surface area contributed by atoms with E-state index in [-0.39, 0.29) is 10.8 Å². The van der Waals surface area contributed by atoms with Crippen LogP contribution in [0.5, 0.6) is 0 Å². The van der Waals surface area contributed by atoms with Gasteiger partial charge in [0.2, 0.25) is 0 Å². The Kier molecular flexibility index (Phi) is 5.38. The maximum atomic E-state index is 12.0. The lowest BCUT2D eigenvalue weighted by Crippen LogP contribution is -2.25. The minimum atomic E-state index is -1.42. The molecule has 1 aromatic rings. The number of rotatable bonds is 4. The highest BCUT2D eigenvalue weighted by Crippen LogP contribution is 2.13. The number of amides is 1. The monoisotopic (exact) mass is 271 g/mol. The second-order valence-corrected chi connectivity index (χ2v) is 5.29. The quantitative estimate of drug-likeness (QED) is 0.787. The Morgan fingerprint density at radius 2 is 1.94 bits per heavy atom. The maximum Gasteiger partial charge on any atom is 0.263 e. The van der Waals surface area contributed by atoms with Gasteiger partial charge in [0, 0.05) is 19.6 Å². The van der Waals surface area contributed by atoms with Crippen LogP contribution in [0.15, 0.2) is 40.8 Å². The summed E-state index contributed by atoms with van der Waals surface area (Å²) < 4.78 is 12.0. The minimum absolute atomic E-state index is 0.125. The molecule has 0 saturated heterocycles. The highest BCUT2D eigenvalue weighted by molar-refractivity contribution is 7.89. The molecule has 3 nitrogen and oxygen atoms in total. The molecule has 0 aliphatic carbocycles. The standard InChI is InChI=1S/C12H14ClNO2S/c1-14(2)12(15)11(8-13)17(16)9-10-6-4-3-5-7-10/h3-8H,9H2,1-2H3/b11-8+. The lowest BCUT2D eigenvalue weighted by atomic mass is 10.2. The van der Waals surface area contributed by atoms with Gasteiger partial charge in [0.15, 0.2) is 0 Å². The van der Waals surface area contributed by atoms with E-state index in [1.54, 1.807) is 14.1 Å². The van der Waals surface area contributed by atoms with Crippen LogP contribution in [0.3, 0.4) is 0 Å². The van der Waals surface area contributed by atoms with E-state index >= 15 is 0 Å². The molecule has 0 saturated carbocycles. The lowest BCUT2D eigenvalue weighted by molar-refractivity contribution is -0.123. The number of benzene rings is 1. The predicted octanol–water partition coefficient (Wildman–Crippen LogP) is 2.10. The maximum absolute atomic E-state index is 12.0. The second kappa shape index (κ2) is 6.57. The highest BCUT2D eigenvalue weighted by atomic mass is 35.5. The molecule has 1 atom stereocenters. The van der Waals surface area contributed by atoms with E-state index in [0.29, 0.717) is 5.75 Å². The van der Waals surface area contributed by atoms with Gasteiger partial charge in [0.1, 0.15) is 4.91 Å². The van der Waals surface area contributed by atoms with Crippen LogP contribution in [0, 0.1) is 0 Å². The fourth-order valence-corrected chi connectivity index (χ4v) is 2.74. The van der Waals surface area contributed by atoms with Gasteiger partial charge >= 0.3 is 0 Å². The number of halogens is 1. The zero-order valence-electron chi connectivity index (χ0n) is 9.72. The van der Waals surface area contributed by atoms with Gasteiger partial charge in [0.05, 0.1) is 16.6 Å². The molecule has 0 heterocycles. The average molecular weight is 272 g/mol. The Balaban J connectivity index is 2.79. The minimum Gasteiger partial charge on any atom is -0.344 e. The van der Waals surface area contributed by atoms with Gasteiger partial charge in [-0.25, -0.2) is 0 Å². The Morgan fingerprint density at radius 3 is 2.41 bits per heavy atom. The predicted molar refractivity (Wildman–Crippen MR) is 70.9 cm³/mol. The zero-order chi connectivity index (χ0) is 12.8. The molecule has 0 radical (unpaired) electrons. The molecule has 0 aliphatic rings. The van der Waals surface area contributed by atoms with Crippen molar-refractivity contribution in [2.24, 2.45) is 0 Å². The third-order valence-electron chi connectivity index (χ3n) is 2.10. The first kappa shape index (κ1) is 13.9. The van der Waals surface area contributed by atoms with Crippen molar-refractivity contribution in [3.8, 4) is 0 Å². The molecule has 1 rings (SSSR count). The number of nitrogens with zero attached hydrogens (tertiary/aromatic N) is 1. The average Bonchev–Trinajstić information content (AvgIpc) is 2.30. The van der Waals surface area contributed by atoms with Crippen LogP contribution in [0.4, 0.5) is 0 Å². The van der Waals surface area contributed by atoms with Crippen LogP contribution in [-0.2, 0) is 21.3 Å². The van der Waals surface area contributed by atoms with Crippen LogP contribution in [0.25, 0.3) is 0 Å². The van der Waals surface area contributed by atoms with Crippen molar-refractivity contribution in [3.63, 3.8) is 0 Å². The summed E-state index contributed by atoms with van der Waals surface area (Å²) in [5, 5.41) is 0. The van der Waals surface area contributed by atoms with Crippen LogP contribution in [-0.4, -0.2) is 29.1 Å². The van der Waals surface area contributed by atoms with Gasteiger partial charge in [-0.3, -0.25) is 9.00 Å². The number of hydrogen-bond acceptors (Lipinski definition) is 2. The summed E-state index contributed by atoms with van der Waals surface area (Å²) in [4.78, 5) is 13.2. The molecule has 1 unspecified atom stereocenters. The summed E-state index contributed by atoms with van der Waals surface area (Å²) in [6, 6.07) is 9.35. The lowest BCUT2D eigenvalue weighted by Gasteiger charge is -2.12. The third kappa shape index (κ3) is 3.98. The van der Waals surface area contributed by atoms with Crippen LogP contribution < -0.4 is 0 Å². The molecule has 1 aromatic carbocycles. The first-order valence-corrected chi connectivity index (χ1v) is 6.76. The van der Waals surface area contributed by atoms with E-state index in [0.717, 1.165) is 11.1 Å². The summed E-state index contributed by atoms with van der Waals surface area (Å²) in [5.41, 5.74) is 2.01. The van der Waals surface area contributed by atoms with Gasteiger partial charge in [-0.15, -0.1) is 0 Å². The van der Waals surface area contributed by atoms with Gasteiger partial charge in [-0.2, -0.15) is 0 Å². The molecule has 1 amide bonds. The van der Waals surface area contributed by atoms with Crippen molar-refractivity contribution >= 4 is 28.3 Å². The van der Waals surface area contributed by atoms with Crippen molar-refractivity contribution < 1.29 is 9.00 Å². The Bertz CT molecular complexity index is 443. The molecule has 0 aliphatic heterocycles. The van der Waals surface area contributed by atoms with E-state index in [1.165, 1.54) is 4.90 Å². The molecule has 92 valence electrons. The van der Waals surface area contributed by atoms with E-state index in [2.05, 4.69) is 0 Å². The summed E-state index contributed by atoms with van der Waals surface area (Å²) in [6.07, 6.45) is 0.